The smallest absolute Gasteiger partial charge is 0.126 e. The molecule has 92 valence electrons. The summed E-state index contributed by atoms with van der Waals surface area (Å²) in [6, 6.07) is 7.79. The van der Waals surface area contributed by atoms with E-state index < -0.39 is 0 Å². The van der Waals surface area contributed by atoms with Gasteiger partial charge in [-0.2, -0.15) is 0 Å². The zero-order chi connectivity index (χ0) is 13.0. The van der Waals surface area contributed by atoms with Gasteiger partial charge in [0.1, 0.15) is 10.8 Å². The van der Waals surface area contributed by atoms with E-state index in [-0.39, 0.29) is 6.04 Å². The first-order valence-corrected chi connectivity index (χ1v) is 6.00. The molecule has 0 bridgehead atoms. The predicted molar refractivity (Wildman–Crippen MR) is 76.4 cm³/mol. The van der Waals surface area contributed by atoms with Gasteiger partial charge in [0.15, 0.2) is 0 Å². The first kappa shape index (κ1) is 12.4. The molecule has 2 aromatic rings. The molecule has 18 heavy (non-hydrogen) atoms. The lowest BCUT2D eigenvalue weighted by atomic mass is 10.1. The molecular formula is C13H14N4S. The van der Waals surface area contributed by atoms with Crippen molar-refractivity contribution in [2.75, 3.05) is 5.32 Å². The number of nitrogens with two attached hydrogens (primary N) is 1. The summed E-state index contributed by atoms with van der Waals surface area (Å²) in [6.07, 6.45) is 5.26. The van der Waals surface area contributed by atoms with Crippen molar-refractivity contribution in [3.63, 3.8) is 0 Å². The first-order valence-electron chi connectivity index (χ1n) is 5.59. The van der Waals surface area contributed by atoms with Gasteiger partial charge in [0.25, 0.3) is 0 Å². The molecule has 0 aliphatic heterocycles. The average molecular weight is 258 g/mol. The molecule has 0 fully saturated rings. The molecule has 0 aliphatic rings. The molecular weight excluding hydrogens is 244 g/mol. The van der Waals surface area contributed by atoms with Gasteiger partial charge in [-0.25, -0.2) is 4.98 Å². The highest BCUT2D eigenvalue weighted by Gasteiger charge is 2.06. The molecule has 3 N–H and O–H groups in total. The van der Waals surface area contributed by atoms with E-state index in [9.17, 15) is 0 Å². The lowest BCUT2D eigenvalue weighted by Gasteiger charge is -2.14. The third kappa shape index (κ3) is 3.01. The van der Waals surface area contributed by atoms with Gasteiger partial charge in [-0.1, -0.05) is 18.3 Å². The molecule has 5 heteroatoms. The zero-order valence-corrected chi connectivity index (χ0v) is 10.8. The number of pyridine rings is 2. The molecule has 0 saturated heterocycles. The lowest BCUT2D eigenvalue weighted by molar-refractivity contribution is 0.866. The van der Waals surface area contributed by atoms with Crippen molar-refractivity contribution in [2.45, 2.75) is 13.0 Å². The Balaban J connectivity index is 2.08. The monoisotopic (exact) mass is 258 g/mol. The van der Waals surface area contributed by atoms with Crippen molar-refractivity contribution < 1.29 is 0 Å². The van der Waals surface area contributed by atoms with Crippen LogP contribution in [0.3, 0.4) is 0 Å². The average Bonchev–Trinajstić information content (AvgIpc) is 2.40. The van der Waals surface area contributed by atoms with Gasteiger partial charge in [-0.3, -0.25) is 4.98 Å². The van der Waals surface area contributed by atoms with Gasteiger partial charge in [0, 0.05) is 24.2 Å². The number of rotatable bonds is 4. The second kappa shape index (κ2) is 5.55. The van der Waals surface area contributed by atoms with E-state index in [0.29, 0.717) is 4.99 Å². The quantitative estimate of drug-likeness (QED) is 0.824. The fourth-order valence-corrected chi connectivity index (χ4v) is 1.68. The Morgan fingerprint density at radius 1 is 1.33 bits per heavy atom. The zero-order valence-electron chi connectivity index (χ0n) is 10.00. The highest BCUT2D eigenvalue weighted by molar-refractivity contribution is 7.80. The molecule has 0 aromatic carbocycles. The number of thiocarbonyl (C=S) groups is 1. The number of aromatic nitrogens is 2. The van der Waals surface area contributed by atoms with Crippen LogP contribution in [0.2, 0.25) is 0 Å². The second-order valence-corrected chi connectivity index (χ2v) is 4.39. The van der Waals surface area contributed by atoms with Crippen LogP contribution in [0.25, 0.3) is 0 Å². The van der Waals surface area contributed by atoms with Crippen LogP contribution in [0, 0.1) is 0 Å². The standard InChI is InChI=1S/C13H14N4S/c1-9(10-3-2-6-15-7-10)17-12-5-4-11(8-16-12)13(14)18/h2-9H,1H3,(H2,14,18)(H,16,17). The molecule has 2 rings (SSSR count). The molecule has 2 aromatic heterocycles. The van der Waals surface area contributed by atoms with E-state index in [1.807, 2.05) is 30.5 Å². The third-order valence-electron chi connectivity index (χ3n) is 2.60. The molecule has 0 spiro atoms. The summed E-state index contributed by atoms with van der Waals surface area (Å²) in [6.45, 7) is 2.06. The van der Waals surface area contributed by atoms with Gasteiger partial charge in [-0.05, 0) is 30.7 Å². The van der Waals surface area contributed by atoms with Crippen molar-refractivity contribution >= 4 is 23.0 Å². The van der Waals surface area contributed by atoms with Crippen molar-refractivity contribution in [1.82, 2.24) is 9.97 Å². The minimum atomic E-state index is 0.141. The Morgan fingerprint density at radius 3 is 2.72 bits per heavy atom. The molecule has 2 heterocycles. The Bertz CT molecular complexity index is 524. The number of nitrogens with one attached hydrogen (secondary N) is 1. The van der Waals surface area contributed by atoms with Crippen molar-refractivity contribution in [3.8, 4) is 0 Å². The predicted octanol–water partition coefficient (Wildman–Crippen LogP) is 2.28. The molecule has 0 radical (unpaired) electrons. The molecule has 1 atom stereocenters. The van der Waals surface area contributed by atoms with Gasteiger partial charge in [0.05, 0.1) is 6.04 Å². The van der Waals surface area contributed by atoms with Crippen LogP contribution >= 0.6 is 12.2 Å². The minimum Gasteiger partial charge on any atom is -0.389 e. The minimum absolute atomic E-state index is 0.141. The fourth-order valence-electron chi connectivity index (χ4n) is 1.56. The van der Waals surface area contributed by atoms with Crippen molar-refractivity contribution in [1.29, 1.82) is 0 Å². The number of hydrogen-bond acceptors (Lipinski definition) is 4. The van der Waals surface area contributed by atoms with Gasteiger partial charge < -0.3 is 11.1 Å². The van der Waals surface area contributed by atoms with Crippen LogP contribution in [0.4, 0.5) is 5.82 Å². The topological polar surface area (TPSA) is 63.8 Å². The summed E-state index contributed by atoms with van der Waals surface area (Å²) in [5.41, 5.74) is 7.40. The summed E-state index contributed by atoms with van der Waals surface area (Å²) in [4.78, 5) is 8.71. The van der Waals surface area contributed by atoms with Gasteiger partial charge in [0.2, 0.25) is 0 Å². The Morgan fingerprint density at radius 2 is 2.17 bits per heavy atom. The second-order valence-electron chi connectivity index (χ2n) is 3.95. The van der Waals surface area contributed by atoms with E-state index in [1.54, 1.807) is 12.4 Å². The van der Waals surface area contributed by atoms with Crippen molar-refractivity contribution in [2.24, 2.45) is 5.73 Å². The van der Waals surface area contributed by atoms with Crippen LogP contribution in [0.1, 0.15) is 24.1 Å². The van der Waals surface area contributed by atoms with E-state index in [1.165, 1.54) is 0 Å². The summed E-state index contributed by atoms with van der Waals surface area (Å²) >= 11 is 4.88. The number of nitrogens with zero attached hydrogens (tertiary/aromatic N) is 2. The maximum atomic E-state index is 5.52. The van der Waals surface area contributed by atoms with Crippen LogP contribution in [-0.2, 0) is 0 Å². The third-order valence-corrected chi connectivity index (χ3v) is 2.83. The fraction of sp³-hybridized carbons (Fsp3) is 0.154. The van der Waals surface area contributed by atoms with E-state index in [2.05, 4.69) is 22.2 Å². The van der Waals surface area contributed by atoms with E-state index in [4.69, 9.17) is 18.0 Å². The maximum absolute atomic E-state index is 5.52. The Labute approximate surface area is 111 Å². The van der Waals surface area contributed by atoms with Crippen LogP contribution in [0.5, 0.6) is 0 Å². The highest BCUT2D eigenvalue weighted by Crippen LogP contribution is 2.16. The SMILES string of the molecule is CC(Nc1ccc(C(N)=S)cn1)c1cccnc1. The van der Waals surface area contributed by atoms with Gasteiger partial charge >= 0.3 is 0 Å². The van der Waals surface area contributed by atoms with Crippen LogP contribution < -0.4 is 11.1 Å². The Kier molecular flexibility index (Phi) is 3.84. The normalized spacial score (nSPS) is 11.8. The van der Waals surface area contributed by atoms with Crippen LogP contribution in [0.15, 0.2) is 42.9 Å². The number of anilines is 1. The highest BCUT2D eigenvalue weighted by atomic mass is 32.1. The summed E-state index contributed by atoms with van der Waals surface area (Å²) in [5, 5.41) is 3.29. The molecule has 0 amide bonds. The number of hydrogen-bond donors (Lipinski definition) is 2. The first-order chi connectivity index (χ1) is 8.66. The lowest BCUT2D eigenvalue weighted by Crippen LogP contribution is -2.11. The summed E-state index contributed by atoms with van der Waals surface area (Å²) < 4.78 is 0. The summed E-state index contributed by atoms with van der Waals surface area (Å²) in [7, 11) is 0. The van der Waals surface area contributed by atoms with Gasteiger partial charge in [-0.15, -0.1) is 0 Å². The molecule has 4 nitrogen and oxygen atoms in total. The molecule has 0 aliphatic carbocycles. The van der Waals surface area contributed by atoms with Crippen molar-refractivity contribution in [3.05, 3.63) is 54.0 Å². The van der Waals surface area contributed by atoms with E-state index in [0.717, 1.165) is 16.9 Å². The molecule has 0 saturated carbocycles. The Hall–Kier alpha value is -2.01. The summed E-state index contributed by atoms with van der Waals surface area (Å²) in [5.74, 6) is 0.784. The maximum Gasteiger partial charge on any atom is 0.126 e. The molecule has 1 unspecified atom stereocenters. The largest absolute Gasteiger partial charge is 0.389 e. The van der Waals surface area contributed by atoms with E-state index >= 15 is 0 Å². The van der Waals surface area contributed by atoms with Crippen LogP contribution in [-0.4, -0.2) is 15.0 Å².